The molecule has 0 aliphatic carbocycles. The van der Waals surface area contributed by atoms with Gasteiger partial charge in [0.2, 0.25) is 0 Å². The van der Waals surface area contributed by atoms with Crippen LogP contribution >= 0.6 is 0 Å². The van der Waals surface area contributed by atoms with Gasteiger partial charge in [-0.2, -0.15) is 5.10 Å². The van der Waals surface area contributed by atoms with Gasteiger partial charge in [0.15, 0.2) is 5.82 Å². The molecule has 0 radical (unpaired) electrons. The summed E-state index contributed by atoms with van der Waals surface area (Å²) in [4.78, 5) is 2.43. The quantitative estimate of drug-likeness (QED) is 0.878. The molecule has 2 heterocycles. The molecule has 2 rings (SSSR count). The highest BCUT2D eigenvalue weighted by Crippen LogP contribution is 2.35. The third-order valence-electron chi connectivity index (χ3n) is 4.02. The molecule has 0 spiro atoms. The molecule has 18 heavy (non-hydrogen) atoms. The zero-order valence-corrected chi connectivity index (χ0v) is 12.3. The summed E-state index contributed by atoms with van der Waals surface area (Å²) < 4.78 is 1.96. The Morgan fingerprint density at radius 1 is 1.28 bits per heavy atom. The van der Waals surface area contributed by atoms with E-state index >= 15 is 0 Å². The summed E-state index contributed by atoms with van der Waals surface area (Å²) in [5.41, 5.74) is 8.21. The Hall–Kier alpha value is -1.19. The SMILES string of the molecule is CC1CCC(C)N(c2c(N)c(C(C)C)nn2C)C1. The van der Waals surface area contributed by atoms with Crippen LogP contribution < -0.4 is 10.6 Å². The van der Waals surface area contributed by atoms with Crippen LogP contribution in [0.25, 0.3) is 0 Å². The molecule has 1 saturated heterocycles. The summed E-state index contributed by atoms with van der Waals surface area (Å²) in [6, 6.07) is 0.555. The van der Waals surface area contributed by atoms with E-state index in [2.05, 4.69) is 37.7 Å². The van der Waals surface area contributed by atoms with Gasteiger partial charge in [0, 0.05) is 19.6 Å². The van der Waals surface area contributed by atoms with Crippen LogP contribution in [-0.4, -0.2) is 22.4 Å². The molecule has 1 aliphatic rings. The highest BCUT2D eigenvalue weighted by atomic mass is 15.4. The number of aromatic nitrogens is 2. The number of nitrogens with zero attached hydrogens (tertiary/aromatic N) is 3. The van der Waals surface area contributed by atoms with Crippen LogP contribution in [0.5, 0.6) is 0 Å². The zero-order chi connectivity index (χ0) is 13.4. The maximum Gasteiger partial charge on any atom is 0.150 e. The van der Waals surface area contributed by atoms with Crippen LogP contribution in [0.2, 0.25) is 0 Å². The highest BCUT2D eigenvalue weighted by Gasteiger charge is 2.28. The number of hydrogen-bond acceptors (Lipinski definition) is 3. The van der Waals surface area contributed by atoms with E-state index in [1.165, 1.54) is 12.8 Å². The first kappa shape index (κ1) is 13.2. The molecular weight excluding hydrogens is 224 g/mol. The van der Waals surface area contributed by atoms with E-state index < -0.39 is 0 Å². The Kier molecular flexibility index (Phi) is 3.55. The third kappa shape index (κ3) is 2.20. The smallest absolute Gasteiger partial charge is 0.150 e. The molecule has 0 aromatic carbocycles. The lowest BCUT2D eigenvalue weighted by molar-refractivity contribution is 0.385. The highest BCUT2D eigenvalue weighted by molar-refractivity contribution is 5.67. The number of rotatable bonds is 2. The molecule has 1 aliphatic heterocycles. The lowest BCUT2D eigenvalue weighted by atomic mass is 9.95. The molecule has 2 atom stereocenters. The molecule has 4 nitrogen and oxygen atoms in total. The normalized spacial score (nSPS) is 24.9. The lowest BCUT2D eigenvalue weighted by Crippen LogP contribution is -2.42. The number of nitrogen functional groups attached to an aromatic ring is 1. The van der Waals surface area contributed by atoms with Gasteiger partial charge in [0.1, 0.15) is 0 Å². The first-order chi connectivity index (χ1) is 8.41. The van der Waals surface area contributed by atoms with Crippen molar-refractivity contribution in [3.05, 3.63) is 5.69 Å². The van der Waals surface area contributed by atoms with E-state index in [0.717, 1.165) is 29.7 Å². The molecule has 2 N–H and O–H groups in total. The van der Waals surface area contributed by atoms with Gasteiger partial charge in [0.05, 0.1) is 11.4 Å². The largest absolute Gasteiger partial charge is 0.394 e. The van der Waals surface area contributed by atoms with Crippen molar-refractivity contribution in [1.82, 2.24) is 9.78 Å². The maximum atomic E-state index is 6.32. The number of aryl methyl sites for hydroxylation is 1. The first-order valence-corrected chi connectivity index (χ1v) is 7.00. The Labute approximate surface area is 110 Å². The van der Waals surface area contributed by atoms with Crippen molar-refractivity contribution < 1.29 is 0 Å². The van der Waals surface area contributed by atoms with Crippen LogP contribution in [0, 0.1) is 5.92 Å². The van der Waals surface area contributed by atoms with Crippen molar-refractivity contribution in [3.63, 3.8) is 0 Å². The number of nitrogens with two attached hydrogens (primary N) is 1. The maximum absolute atomic E-state index is 6.32. The minimum absolute atomic E-state index is 0.377. The van der Waals surface area contributed by atoms with Crippen molar-refractivity contribution in [2.45, 2.75) is 52.5 Å². The molecular formula is C14H26N4. The molecule has 1 aromatic heterocycles. The van der Waals surface area contributed by atoms with Crippen LogP contribution in [0.1, 0.15) is 52.1 Å². The summed E-state index contributed by atoms with van der Waals surface area (Å²) in [6.45, 7) is 9.97. The first-order valence-electron chi connectivity index (χ1n) is 7.00. The number of hydrogen-bond donors (Lipinski definition) is 1. The zero-order valence-electron chi connectivity index (χ0n) is 12.3. The van der Waals surface area contributed by atoms with Crippen LogP contribution in [-0.2, 0) is 7.05 Å². The predicted octanol–water partition coefficient (Wildman–Crippen LogP) is 2.75. The van der Waals surface area contributed by atoms with Gasteiger partial charge in [-0.05, 0) is 31.6 Å². The molecule has 0 amide bonds. The summed E-state index contributed by atoms with van der Waals surface area (Å²) in [6.07, 6.45) is 2.55. The fourth-order valence-electron chi connectivity index (χ4n) is 2.90. The second-order valence-corrected chi connectivity index (χ2v) is 6.08. The fraction of sp³-hybridized carbons (Fsp3) is 0.786. The Balaban J connectivity index is 2.37. The molecule has 0 bridgehead atoms. The number of anilines is 2. The summed E-state index contributed by atoms with van der Waals surface area (Å²) in [5, 5.41) is 4.59. The Morgan fingerprint density at radius 2 is 1.94 bits per heavy atom. The lowest BCUT2D eigenvalue weighted by Gasteiger charge is -2.38. The summed E-state index contributed by atoms with van der Waals surface area (Å²) in [7, 11) is 2.00. The fourth-order valence-corrected chi connectivity index (χ4v) is 2.90. The van der Waals surface area contributed by atoms with Crippen molar-refractivity contribution in [3.8, 4) is 0 Å². The van der Waals surface area contributed by atoms with E-state index in [1.54, 1.807) is 0 Å². The average molecular weight is 250 g/mol. The van der Waals surface area contributed by atoms with Gasteiger partial charge >= 0.3 is 0 Å². The van der Waals surface area contributed by atoms with Crippen molar-refractivity contribution >= 4 is 11.5 Å². The standard InChI is InChI=1S/C14H26N4/c1-9(2)13-12(15)14(17(5)16-13)18-8-10(3)6-7-11(18)4/h9-11H,6-8,15H2,1-5H3. The van der Waals surface area contributed by atoms with E-state index in [0.29, 0.717) is 12.0 Å². The Bertz CT molecular complexity index is 422. The van der Waals surface area contributed by atoms with Gasteiger partial charge in [-0.3, -0.25) is 4.68 Å². The summed E-state index contributed by atoms with van der Waals surface area (Å²) in [5.74, 6) is 2.22. The second kappa shape index (κ2) is 4.82. The Morgan fingerprint density at radius 3 is 2.50 bits per heavy atom. The van der Waals surface area contributed by atoms with E-state index in [-0.39, 0.29) is 0 Å². The minimum Gasteiger partial charge on any atom is -0.394 e. The van der Waals surface area contributed by atoms with E-state index in [4.69, 9.17) is 5.73 Å². The van der Waals surface area contributed by atoms with Gasteiger partial charge < -0.3 is 10.6 Å². The van der Waals surface area contributed by atoms with Crippen molar-refractivity contribution in [1.29, 1.82) is 0 Å². The van der Waals surface area contributed by atoms with E-state index in [9.17, 15) is 0 Å². The van der Waals surface area contributed by atoms with Gasteiger partial charge in [-0.25, -0.2) is 0 Å². The molecule has 2 unspecified atom stereocenters. The molecule has 4 heteroatoms. The third-order valence-corrected chi connectivity index (χ3v) is 4.02. The van der Waals surface area contributed by atoms with Gasteiger partial charge in [-0.15, -0.1) is 0 Å². The van der Waals surface area contributed by atoms with Crippen molar-refractivity contribution in [2.24, 2.45) is 13.0 Å². The molecule has 1 aromatic rings. The monoisotopic (exact) mass is 250 g/mol. The predicted molar refractivity (Wildman–Crippen MR) is 76.9 cm³/mol. The minimum atomic E-state index is 0.377. The number of piperidine rings is 1. The summed E-state index contributed by atoms with van der Waals surface area (Å²) >= 11 is 0. The van der Waals surface area contributed by atoms with Crippen LogP contribution in [0.3, 0.4) is 0 Å². The average Bonchev–Trinajstić information content (AvgIpc) is 2.58. The molecule has 0 saturated carbocycles. The van der Waals surface area contributed by atoms with Gasteiger partial charge in [-0.1, -0.05) is 20.8 Å². The topological polar surface area (TPSA) is 47.1 Å². The molecule has 1 fully saturated rings. The van der Waals surface area contributed by atoms with Crippen LogP contribution in [0.15, 0.2) is 0 Å². The van der Waals surface area contributed by atoms with Crippen LogP contribution in [0.4, 0.5) is 11.5 Å². The molecule has 102 valence electrons. The van der Waals surface area contributed by atoms with Crippen molar-refractivity contribution in [2.75, 3.05) is 17.2 Å². The van der Waals surface area contributed by atoms with E-state index in [1.807, 2.05) is 11.7 Å². The second-order valence-electron chi connectivity index (χ2n) is 6.08. The van der Waals surface area contributed by atoms with Gasteiger partial charge in [0.25, 0.3) is 0 Å².